The number of rotatable bonds is 5. The fraction of sp³-hybridized carbons (Fsp3) is 0.417. The molecule has 0 atom stereocenters. The normalized spacial score (nSPS) is 14.2. The third-order valence-corrected chi connectivity index (χ3v) is 5.55. The second-order valence-corrected chi connectivity index (χ2v) is 8.87. The quantitative estimate of drug-likeness (QED) is 0.738. The third-order valence-electron chi connectivity index (χ3n) is 5.25. The molecular weight excluding hydrogens is 398 g/mol. The van der Waals surface area contributed by atoms with Crippen LogP contribution in [0.5, 0.6) is 0 Å². The fourth-order valence-corrected chi connectivity index (χ4v) is 4.13. The molecule has 30 heavy (non-hydrogen) atoms. The molecule has 3 rings (SSSR count). The van der Waals surface area contributed by atoms with Gasteiger partial charge in [0.1, 0.15) is 0 Å². The van der Waals surface area contributed by atoms with Crippen LogP contribution in [0.4, 0.5) is 11.4 Å². The van der Waals surface area contributed by atoms with Crippen LogP contribution in [-0.2, 0) is 4.79 Å². The average molecular weight is 428 g/mol. The van der Waals surface area contributed by atoms with E-state index in [0.717, 1.165) is 29.9 Å². The zero-order valence-corrected chi connectivity index (χ0v) is 18.9. The smallest absolute Gasteiger partial charge is 0.255 e. The van der Waals surface area contributed by atoms with Gasteiger partial charge in [0.2, 0.25) is 5.91 Å². The van der Waals surface area contributed by atoms with Crippen molar-refractivity contribution in [1.29, 1.82) is 0 Å². The highest BCUT2D eigenvalue weighted by atomic mass is 35.5. The predicted octanol–water partition coefficient (Wildman–Crippen LogP) is 4.90. The van der Waals surface area contributed by atoms with E-state index in [-0.39, 0.29) is 11.8 Å². The summed E-state index contributed by atoms with van der Waals surface area (Å²) < 4.78 is 0. The summed E-state index contributed by atoms with van der Waals surface area (Å²) >= 11 is 6.54. The Morgan fingerprint density at radius 3 is 2.20 bits per heavy atom. The molecule has 2 aromatic carbocycles. The molecule has 160 valence electrons. The summed E-state index contributed by atoms with van der Waals surface area (Å²) in [7, 11) is 0. The number of nitrogens with zero attached hydrogens (tertiary/aromatic N) is 2. The molecule has 6 heteroatoms. The Labute approximate surface area is 184 Å². The monoisotopic (exact) mass is 427 g/mol. The van der Waals surface area contributed by atoms with Crippen molar-refractivity contribution in [2.75, 3.05) is 36.4 Å². The van der Waals surface area contributed by atoms with E-state index >= 15 is 0 Å². The minimum absolute atomic E-state index is 0.150. The van der Waals surface area contributed by atoms with E-state index in [1.807, 2.05) is 49.1 Å². The summed E-state index contributed by atoms with van der Waals surface area (Å²) in [5.74, 6) is 0.444. The summed E-state index contributed by atoms with van der Waals surface area (Å²) in [4.78, 5) is 29.0. The van der Waals surface area contributed by atoms with Gasteiger partial charge < -0.3 is 15.1 Å². The molecule has 1 fully saturated rings. The van der Waals surface area contributed by atoms with E-state index in [0.29, 0.717) is 41.7 Å². The van der Waals surface area contributed by atoms with Crippen molar-refractivity contribution in [3.05, 3.63) is 58.1 Å². The molecule has 0 radical (unpaired) electrons. The van der Waals surface area contributed by atoms with Crippen LogP contribution in [0.1, 0.15) is 41.8 Å². The lowest BCUT2D eigenvalue weighted by Gasteiger charge is -2.36. The Balaban J connectivity index is 1.63. The molecule has 0 aliphatic carbocycles. The number of piperazine rings is 1. The van der Waals surface area contributed by atoms with E-state index in [2.05, 4.69) is 24.1 Å². The molecule has 2 aromatic rings. The van der Waals surface area contributed by atoms with Crippen molar-refractivity contribution >= 4 is 34.8 Å². The van der Waals surface area contributed by atoms with E-state index in [9.17, 15) is 9.59 Å². The van der Waals surface area contributed by atoms with Gasteiger partial charge in [0.25, 0.3) is 5.91 Å². The summed E-state index contributed by atoms with van der Waals surface area (Å²) in [6, 6.07) is 11.4. The highest BCUT2D eigenvalue weighted by molar-refractivity contribution is 6.33. The number of aryl methyl sites for hydroxylation is 2. The Hall–Kier alpha value is -2.53. The summed E-state index contributed by atoms with van der Waals surface area (Å²) in [6.07, 6.45) is 0.593. The van der Waals surface area contributed by atoms with E-state index in [4.69, 9.17) is 11.6 Å². The van der Waals surface area contributed by atoms with Crippen molar-refractivity contribution in [3.8, 4) is 0 Å². The van der Waals surface area contributed by atoms with Gasteiger partial charge in [-0.2, -0.15) is 0 Å². The van der Waals surface area contributed by atoms with Crippen LogP contribution in [-0.4, -0.2) is 42.9 Å². The van der Waals surface area contributed by atoms with E-state index in [1.165, 1.54) is 0 Å². The standard InChI is InChI=1S/C24H30ClN3O2/c1-16(2)11-23(29)28-9-7-27(8-10-28)22-6-5-20(15-21(22)25)26-24(30)19-13-17(3)12-18(4)14-19/h5-6,12-16H,7-11H2,1-4H3,(H,26,30). The second-order valence-electron chi connectivity index (χ2n) is 8.46. The number of anilines is 2. The van der Waals surface area contributed by atoms with Crippen LogP contribution in [0.2, 0.25) is 5.02 Å². The first kappa shape index (κ1) is 22.2. The van der Waals surface area contributed by atoms with E-state index < -0.39 is 0 Å². The number of benzene rings is 2. The number of amides is 2. The number of hydrogen-bond donors (Lipinski definition) is 1. The Kier molecular flexibility index (Phi) is 7.03. The van der Waals surface area contributed by atoms with Crippen LogP contribution in [0.15, 0.2) is 36.4 Å². The highest BCUT2D eigenvalue weighted by Gasteiger charge is 2.23. The third kappa shape index (κ3) is 5.54. The molecule has 0 aromatic heterocycles. The van der Waals surface area contributed by atoms with Crippen LogP contribution in [0.25, 0.3) is 0 Å². The maximum Gasteiger partial charge on any atom is 0.255 e. The van der Waals surface area contributed by atoms with Crippen LogP contribution >= 0.6 is 11.6 Å². The number of hydrogen-bond acceptors (Lipinski definition) is 3. The number of halogens is 1. The van der Waals surface area contributed by atoms with Gasteiger partial charge in [-0.3, -0.25) is 9.59 Å². The molecule has 0 unspecified atom stereocenters. The summed E-state index contributed by atoms with van der Waals surface area (Å²) in [5.41, 5.74) is 4.34. The topological polar surface area (TPSA) is 52.7 Å². The molecule has 1 aliphatic heterocycles. The predicted molar refractivity (Wildman–Crippen MR) is 124 cm³/mol. The van der Waals surface area contributed by atoms with Crippen molar-refractivity contribution in [2.24, 2.45) is 5.92 Å². The van der Waals surface area contributed by atoms with Gasteiger partial charge >= 0.3 is 0 Å². The zero-order chi connectivity index (χ0) is 21.8. The highest BCUT2D eigenvalue weighted by Crippen LogP contribution is 2.30. The van der Waals surface area contributed by atoms with Crippen molar-refractivity contribution in [3.63, 3.8) is 0 Å². The number of carbonyl (C=O) groups is 2. The molecule has 5 nitrogen and oxygen atoms in total. The Morgan fingerprint density at radius 1 is 1.00 bits per heavy atom. The molecule has 2 amide bonds. The molecule has 1 aliphatic rings. The van der Waals surface area contributed by atoms with Crippen LogP contribution in [0, 0.1) is 19.8 Å². The maximum atomic E-state index is 12.6. The van der Waals surface area contributed by atoms with Crippen molar-refractivity contribution in [2.45, 2.75) is 34.1 Å². The maximum absolute atomic E-state index is 12.6. The van der Waals surface area contributed by atoms with Crippen molar-refractivity contribution < 1.29 is 9.59 Å². The summed E-state index contributed by atoms with van der Waals surface area (Å²) in [5, 5.41) is 3.52. The average Bonchev–Trinajstić information content (AvgIpc) is 2.67. The second kappa shape index (κ2) is 9.52. The number of carbonyl (C=O) groups excluding carboxylic acids is 2. The Morgan fingerprint density at radius 2 is 1.63 bits per heavy atom. The molecule has 0 spiro atoms. The first-order chi connectivity index (χ1) is 14.2. The fourth-order valence-electron chi connectivity index (χ4n) is 3.83. The largest absolute Gasteiger partial charge is 0.367 e. The molecule has 0 bridgehead atoms. The Bertz CT molecular complexity index is 914. The van der Waals surface area contributed by atoms with Gasteiger partial charge in [0, 0.05) is 43.9 Å². The molecule has 0 saturated carbocycles. The zero-order valence-electron chi connectivity index (χ0n) is 18.2. The van der Waals surface area contributed by atoms with Crippen molar-refractivity contribution in [1.82, 2.24) is 4.90 Å². The van der Waals surface area contributed by atoms with Gasteiger partial charge in [-0.05, 0) is 50.1 Å². The minimum atomic E-state index is -0.150. The van der Waals surface area contributed by atoms with Gasteiger partial charge in [-0.1, -0.05) is 42.6 Å². The van der Waals surface area contributed by atoms with Crippen LogP contribution < -0.4 is 10.2 Å². The van der Waals surface area contributed by atoms with Crippen LogP contribution in [0.3, 0.4) is 0 Å². The van der Waals surface area contributed by atoms with E-state index in [1.54, 1.807) is 6.07 Å². The summed E-state index contributed by atoms with van der Waals surface area (Å²) in [6.45, 7) is 11.0. The van der Waals surface area contributed by atoms with Gasteiger partial charge in [0.15, 0.2) is 0 Å². The van der Waals surface area contributed by atoms with Gasteiger partial charge in [0.05, 0.1) is 10.7 Å². The lowest BCUT2D eigenvalue weighted by atomic mass is 10.1. The van der Waals surface area contributed by atoms with Gasteiger partial charge in [-0.25, -0.2) is 0 Å². The first-order valence-electron chi connectivity index (χ1n) is 10.4. The molecule has 1 saturated heterocycles. The minimum Gasteiger partial charge on any atom is -0.367 e. The molecule has 1 N–H and O–H groups in total. The van der Waals surface area contributed by atoms with Gasteiger partial charge in [-0.15, -0.1) is 0 Å². The molecule has 1 heterocycles. The first-order valence-corrected chi connectivity index (χ1v) is 10.8. The molecular formula is C24H30ClN3O2. The lowest BCUT2D eigenvalue weighted by molar-refractivity contribution is -0.132. The lowest BCUT2D eigenvalue weighted by Crippen LogP contribution is -2.49. The SMILES string of the molecule is Cc1cc(C)cc(C(=O)Nc2ccc(N3CCN(C(=O)CC(C)C)CC3)c(Cl)c2)c1. The number of nitrogens with one attached hydrogen (secondary N) is 1.